The van der Waals surface area contributed by atoms with Crippen LogP contribution in [0.25, 0.3) is 6.08 Å². The third-order valence-corrected chi connectivity index (χ3v) is 4.61. The SMILES string of the molecule is Cc1nc(OCCNC(=O)C=Cc2ccc3c(c2)OCO3)cc(N2CCOCC2)n1. The van der Waals surface area contributed by atoms with Gasteiger partial charge in [-0.25, -0.2) is 4.98 Å². The molecule has 0 saturated carbocycles. The van der Waals surface area contributed by atoms with E-state index >= 15 is 0 Å². The van der Waals surface area contributed by atoms with Gasteiger partial charge in [0.25, 0.3) is 0 Å². The van der Waals surface area contributed by atoms with Gasteiger partial charge in [0.15, 0.2) is 11.5 Å². The number of nitrogens with zero attached hydrogens (tertiary/aromatic N) is 3. The summed E-state index contributed by atoms with van der Waals surface area (Å²) in [5, 5.41) is 2.79. The number of benzene rings is 1. The highest BCUT2D eigenvalue weighted by Crippen LogP contribution is 2.32. The fourth-order valence-corrected chi connectivity index (χ4v) is 3.13. The molecule has 1 aromatic carbocycles. The van der Waals surface area contributed by atoms with Crippen molar-refractivity contribution in [1.29, 1.82) is 0 Å². The topological polar surface area (TPSA) is 95.0 Å². The first kappa shape index (κ1) is 20.0. The second-order valence-corrected chi connectivity index (χ2v) is 6.80. The Morgan fingerprint density at radius 3 is 2.90 bits per heavy atom. The number of hydrogen-bond donors (Lipinski definition) is 1. The molecule has 1 N–H and O–H groups in total. The summed E-state index contributed by atoms with van der Waals surface area (Å²) in [5.41, 5.74) is 0.859. The number of fused-ring (bicyclic) bond motifs is 1. The van der Waals surface area contributed by atoms with Crippen molar-refractivity contribution in [2.24, 2.45) is 0 Å². The first-order valence-electron chi connectivity index (χ1n) is 9.84. The fourth-order valence-electron chi connectivity index (χ4n) is 3.13. The van der Waals surface area contributed by atoms with Crippen LogP contribution >= 0.6 is 0 Å². The number of carbonyl (C=O) groups excluding carboxylic acids is 1. The lowest BCUT2D eigenvalue weighted by Gasteiger charge is -2.28. The highest BCUT2D eigenvalue weighted by atomic mass is 16.7. The van der Waals surface area contributed by atoms with E-state index in [1.807, 2.05) is 31.2 Å². The third-order valence-electron chi connectivity index (χ3n) is 4.61. The van der Waals surface area contributed by atoms with Crippen LogP contribution in [0.1, 0.15) is 11.4 Å². The zero-order chi connectivity index (χ0) is 20.8. The molecule has 0 atom stereocenters. The van der Waals surface area contributed by atoms with Gasteiger partial charge in [-0.2, -0.15) is 4.98 Å². The molecule has 1 saturated heterocycles. The van der Waals surface area contributed by atoms with Crippen LogP contribution < -0.4 is 24.4 Å². The summed E-state index contributed by atoms with van der Waals surface area (Å²) in [5.74, 6) is 3.16. The summed E-state index contributed by atoms with van der Waals surface area (Å²) in [6.45, 7) is 5.69. The van der Waals surface area contributed by atoms with Crippen molar-refractivity contribution in [3.05, 3.63) is 41.7 Å². The molecule has 1 fully saturated rings. The van der Waals surface area contributed by atoms with Crippen molar-refractivity contribution in [3.8, 4) is 17.4 Å². The van der Waals surface area contributed by atoms with Gasteiger partial charge in [0.2, 0.25) is 18.6 Å². The highest BCUT2D eigenvalue weighted by molar-refractivity contribution is 5.91. The van der Waals surface area contributed by atoms with E-state index in [-0.39, 0.29) is 12.7 Å². The van der Waals surface area contributed by atoms with Crippen molar-refractivity contribution in [2.75, 3.05) is 51.1 Å². The van der Waals surface area contributed by atoms with Crippen LogP contribution in [-0.2, 0) is 9.53 Å². The molecule has 2 aliphatic heterocycles. The first-order chi connectivity index (χ1) is 14.7. The second kappa shape index (κ2) is 9.45. The van der Waals surface area contributed by atoms with Crippen LogP contribution in [0, 0.1) is 6.92 Å². The number of morpholine rings is 1. The molecule has 0 aliphatic carbocycles. The molecule has 1 aromatic heterocycles. The quantitative estimate of drug-likeness (QED) is 0.541. The van der Waals surface area contributed by atoms with Crippen molar-refractivity contribution in [3.63, 3.8) is 0 Å². The van der Waals surface area contributed by atoms with Gasteiger partial charge >= 0.3 is 0 Å². The molecule has 158 valence electrons. The number of carbonyl (C=O) groups is 1. The van der Waals surface area contributed by atoms with E-state index in [1.165, 1.54) is 6.08 Å². The van der Waals surface area contributed by atoms with Gasteiger partial charge in [-0.15, -0.1) is 0 Å². The molecule has 0 spiro atoms. The molecular formula is C21H24N4O5. The van der Waals surface area contributed by atoms with Crippen molar-refractivity contribution >= 4 is 17.8 Å². The molecule has 0 bridgehead atoms. The Labute approximate surface area is 174 Å². The maximum Gasteiger partial charge on any atom is 0.244 e. The van der Waals surface area contributed by atoms with E-state index in [4.69, 9.17) is 18.9 Å². The lowest BCUT2D eigenvalue weighted by Crippen LogP contribution is -2.37. The minimum atomic E-state index is -0.204. The van der Waals surface area contributed by atoms with E-state index in [2.05, 4.69) is 20.2 Å². The molecule has 30 heavy (non-hydrogen) atoms. The largest absolute Gasteiger partial charge is 0.476 e. The Bertz CT molecular complexity index is 928. The number of rotatable bonds is 7. The molecule has 0 unspecified atom stereocenters. The smallest absolute Gasteiger partial charge is 0.244 e. The number of amides is 1. The average molecular weight is 412 g/mol. The van der Waals surface area contributed by atoms with Crippen LogP contribution in [-0.4, -0.2) is 62.1 Å². The van der Waals surface area contributed by atoms with E-state index < -0.39 is 0 Å². The Kier molecular flexibility index (Phi) is 6.29. The van der Waals surface area contributed by atoms with Crippen molar-refractivity contribution < 1.29 is 23.7 Å². The number of hydrogen-bond acceptors (Lipinski definition) is 8. The minimum absolute atomic E-state index is 0.204. The Hall–Kier alpha value is -3.33. The lowest BCUT2D eigenvalue weighted by molar-refractivity contribution is -0.116. The summed E-state index contributed by atoms with van der Waals surface area (Å²) in [4.78, 5) is 23.0. The fraction of sp³-hybridized carbons (Fsp3) is 0.381. The van der Waals surface area contributed by atoms with E-state index in [0.717, 1.165) is 24.5 Å². The standard InChI is InChI=1S/C21H24N4O5/c1-15-23-19(25-7-10-27-11-8-25)13-21(24-15)28-9-6-22-20(26)5-3-16-2-4-17-18(12-16)30-14-29-17/h2-5,12-13H,6-11,14H2,1H3,(H,22,26). The molecule has 1 amide bonds. The van der Waals surface area contributed by atoms with Gasteiger partial charge < -0.3 is 29.2 Å². The van der Waals surface area contributed by atoms with Gasteiger partial charge in [-0.1, -0.05) is 6.07 Å². The monoisotopic (exact) mass is 412 g/mol. The van der Waals surface area contributed by atoms with Crippen LogP contribution in [0.4, 0.5) is 5.82 Å². The molecule has 0 radical (unpaired) electrons. The van der Waals surface area contributed by atoms with E-state index in [9.17, 15) is 4.79 Å². The molecule has 3 heterocycles. The summed E-state index contributed by atoms with van der Waals surface area (Å²) >= 11 is 0. The molecule has 4 rings (SSSR count). The maximum atomic E-state index is 12.0. The van der Waals surface area contributed by atoms with Crippen LogP contribution in [0.3, 0.4) is 0 Å². The number of nitrogens with one attached hydrogen (secondary N) is 1. The lowest BCUT2D eigenvalue weighted by atomic mass is 10.2. The van der Waals surface area contributed by atoms with Crippen molar-refractivity contribution in [2.45, 2.75) is 6.92 Å². The number of aryl methyl sites for hydroxylation is 1. The Morgan fingerprint density at radius 1 is 1.20 bits per heavy atom. The van der Waals surface area contributed by atoms with Crippen LogP contribution in [0.15, 0.2) is 30.3 Å². The molecule has 9 heteroatoms. The van der Waals surface area contributed by atoms with Gasteiger partial charge in [-0.3, -0.25) is 4.79 Å². The predicted molar refractivity (Wildman–Crippen MR) is 110 cm³/mol. The van der Waals surface area contributed by atoms with Gasteiger partial charge in [-0.05, 0) is 30.7 Å². The minimum Gasteiger partial charge on any atom is -0.476 e. The Morgan fingerprint density at radius 2 is 2.03 bits per heavy atom. The molecule has 9 nitrogen and oxygen atoms in total. The van der Waals surface area contributed by atoms with Crippen molar-refractivity contribution in [1.82, 2.24) is 15.3 Å². The Balaban J connectivity index is 1.23. The maximum absolute atomic E-state index is 12.0. The van der Waals surface area contributed by atoms with Gasteiger partial charge in [0.1, 0.15) is 18.2 Å². The normalized spacial score (nSPS) is 15.4. The zero-order valence-corrected chi connectivity index (χ0v) is 16.8. The molecular weight excluding hydrogens is 388 g/mol. The first-order valence-corrected chi connectivity index (χ1v) is 9.84. The number of anilines is 1. The second-order valence-electron chi connectivity index (χ2n) is 6.80. The average Bonchev–Trinajstić information content (AvgIpc) is 3.23. The number of ether oxygens (including phenoxy) is 4. The summed E-state index contributed by atoms with van der Waals surface area (Å²) in [6, 6.07) is 7.34. The third kappa shape index (κ3) is 5.18. The van der Waals surface area contributed by atoms with E-state index in [0.29, 0.717) is 49.6 Å². The van der Waals surface area contributed by atoms with Gasteiger partial charge in [0.05, 0.1) is 19.8 Å². The zero-order valence-electron chi connectivity index (χ0n) is 16.8. The molecule has 2 aliphatic rings. The summed E-state index contributed by atoms with van der Waals surface area (Å²) < 4.78 is 21.7. The molecule has 2 aromatic rings. The van der Waals surface area contributed by atoms with Crippen LogP contribution in [0.5, 0.6) is 17.4 Å². The van der Waals surface area contributed by atoms with Gasteiger partial charge in [0, 0.05) is 25.2 Å². The summed E-state index contributed by atoms with van der Waals surface area (Å²) in [6.07, 6.45) is 3.20. The van der Waals surface area contributed by atoms with E-state index in [1.54, 1.807) is 6.08 Å². The predicted octanol–water partition coefficient (Wildman–Crippen LogP) is 1.56. The van der Waals surface area contributed by atoms with Crippen LogP contribution in [0.2, 0.25) is 0 Å². The highest BCUT2D eigenvalue weighted by Gasteiger charge is 2.15. The summed E-state index contributed by atoms with van der Waals surface area (Å²) in [7, 11) is 0. The number of aromatic nitrogens is 2.